The van der Waals surface area contributed by atoms with Gasteiger partial charge in [0.1, 0.15) is 6.04 Å². The van der Waals surface area contributed by atoms with Crippen LogP contribution in [0.2, 0.25) is 0 Å². The van der Waals surface area contributed by atoms with Crippen molar-refractivity contribution in [3.63, 3.8) is 0 Å². The summed E-state index contributed by atoms with van der Waals surface area (Å²) < 4.78 is 1.04. The van der Waals surface area contributed by atoms with Gasteiger partial charge in [-0.1, -0.05) is 41.7 Å². The van der Waals surface area contributed by atoms with Crippen molar-refractivity contribution in [2.75, 3.05) is 16.9 Å². The molecule has 0 unspecified atom stereocenters. The monoisotopic (exact) mass is 383 g/mol. The molecule has 5 nitrogen and oxygen atoms in total. The molecule has 132 valence electrons. The minimum Gasteiger partial charge on any atom is -0.316 e. The van der Waals surface area contributed by atoms with E-state index in [0.717, 1.165) is 15.8 Å². The first-order valence-electron chi connectivity index (χ1n) is 8.24. The molecule has 1 aliphatic rings. The fraction of sp³-hybridized carbons (Fsp3) is 0.211. The summed E-state index contributed by atoms with van der Waals surface area (Å²) >= 11 is 3.04. The largest absolute Gasteiger partial charge is 0.316 e. The van der Waals surface area contributed by atoms with Gasteiger partial charge < -0.3 is 10.2 Å². The number of amides is 2. The molecule has 1 N–H and O–H groups in total. The molecular weight excluding hydrogens is 366 g/mol. The van der Waals surface area contributed by atoms with Crippen molar-refractivity contribution in [3.8, 4) is 0 Å². The molecule has 2 aromatic carbocycles. The molecule has 2 heterocycles. The Kier molecular flexibility index (Phi) is 4.65. The van der Waals surface area contributed by atoms with E-state index in [0.29, 0.717) is 22.3 Å². The van der Waals surface area contributed by atoms with Gasteiger partial charge in [-0.05, 0) is 30.7 Å². The number of rotatable bonds is 3. The number of hydrogen-bond acceptors (Lipinski definition) is 5. The van der Waals surface area contributed by atoms with E-state index in [2.05, 4.69) is 10.3 Å². The Labute approximate surface area is 159 Å². The summed E-state index contributed by atoms with van der Waals surface area (Å²) in [5.41, 5.74) is 2.59. The molecule has 0 spiro atoms. The van der Waals surface area contributed by atoms with Crippen molar-refractivity contribution in [1.29, 1.82) is 0 Å². The van der Waals surface area contributed by atoms with E-state index in [1.54, 1.807) is 28.8 Å². The highest BCUT2D eigenvalue weighted by atomic mass is 32.2. The second kappa shape index (κ2) is 7.09. The van der Waals surface area contributed by atoms with Gasteiger partial charge in [-0.25, -0.2) is 4.98 Å². The number of thioether (sulfide) groups is 1. The molecule has 3 aromatic rings. The molecule has 0 radical (unpaired) electrons. The van der Waals surface area contributed by atoms with Crippen LogP contribution in [0, 0.1) is 6.92 Å². The fourth-order valence-corrected chi connectivity index (χ4v) is 5.04. The molecule has 26 heavy (non-hydrogen) atoms. The van der Waals surface area contributed by atoms with Gasteiger partial charge in [0.2, 0.25) is 5.91 Å². The van der Waals surface area contributed by atoms with Crippen LogP contribution in [0.25, 0.3) is 10.2 Å². The molecule has 1 aromatic heterocycles. The maximum absolute atomic E-state index is 12.8. The smallest absolute Gasteiger partial charge is 0.255 e. The number of aryl methyl sites for hydroxylation is 1. The molecule has 0 aliphatic carbocycles. The average Bonchev–Trinajstić information content (AvgIpc) is 3.29. The molecule has 1 aliphatic heterocycles. The van der Waals surface area contributed by atoms with Crippen molar-refractivity contribution < 1.29 is 9.59 Å². The summed E-state index contributed by atoms with van der Waals surface area (Å²) in [7, 11) is 0. The van der Waals surface area contributed by atoms with Crippen LogP contribution in [0.1, 0.15) is 15.9 Å². The number of fused-ring (bicyclic) bond motifs is 1. The zero-order chi connectivity index (χ0) is 18.1. The van der Waals surface area contributed by atoms with E-state index in [4.69, 9.17) is 0 Å². The minimum atomic E-state index is -0.485. The third-order valence-corrected chi connectivity index (χ3v) is 6.27. The van der Waals surface area contributed by atoms with Gasteiger partial charge in [0.05, 0.1) is 16.1 Å². The Balaban J connectivity index is 1.53. The lowest BCUT2D eigenvalue weighted by atomic mass is 10.1. The van der Waals surface area contributed by atoms with E-state index in [9.17, 15) is 9.59 Å². The van der Waals surface area contributed by atoms with Gasteiger partial charge >= 0.3 is 0 Å². The molecule has 1 fully saturated rings. The highest BCUT2D eigenvalue weighted by Crippen LogP contribution is 2.29. The van der Waals surface area contributed by atoms with Crippen LogP contribution in [0.3, 0.4) is 0 Å². The van der Waals surface area contributed by atoms with Gasteiger partial charge in [-0.15, -0.1) is 11.8 Å². The van der Waals surface area contributed by atoms with Crippen molar-refractivity contribution in [3.05, 3.63) is 59.7 Å². The second-order valence-electron chi connectivity index (χ2n) is 6.09. The zero-order valence-electron chi connectivity index (χ0n) is 14.1. The van der Waals surface area contributed by atoms with Crippen molar-refractivity contribution in [2.45, 2.75) is 13.0 Å². The number of carbonyl (C=O) groups excluding carboxylic acids is 2. The predicted octanol–water partition coefficient (Wildman–Crippen LogP) is 3.76. The number of anilines is 1. The average molecular weight is 383 g/mol. The van der Waals surface area contributed by atoms with E-state index >= 15 is 0 Å². The van der Waals surface area contributed by atoms with Crippen LogP contribution in [0.15, 0.2) is 48.5 Å². The van der Waals surface area contributed by atoms with E-state index in [1.807, 2.05) is 43.3 Å². The number of carbonyl (C=O) groups is 2. The first kappa shape index (κ1) is 17.1. The highest BCUT2D eigenvalue weighted by Gasteiger charge is 2.35. The Bertz CT molecular complexity index is 971. The number of hydrogen-bond donors (Lipinski definition) is 1. The lowest BCUT2D eigenvalue weighted by molar-refractivity contribution is -0.119. The number of benzene rings is 2. The van der Waals surface area contributed by atoms with Gasteiger partial charge in [-0.2, -0.15) is 0 Å². The van der Waals surface area contributed by atoms with E-state index < -0.39 is 6.04 Å². The van der Waals surface area contributed by atoms with Gasteiger partial charge in [0.25, 0.3) is 5.91 Å². The lowest BCUT2D eigenvalue weighted by Gasteiger charge is -2.22. The van der Waals surface area contributed by atoms with Crippen LogP contribution in [0.4, 0.5) is 5.13 Å². The Hall–Kier alpha value is -2.38. The fourth-order valence-electron chi connectivity index (χ4n) is 2.93. The standard InChI is InChI=1S/C19H17N3O2S2/c1-12-6-5-9-15-16(12)20-19(26-15)21-17(23)14-10-25-11-22(14)18(24)13-7-3-2-4-8-13/h2-9,14H,10-11H2,1H3,(H,20,21,23)/t14-/m0/s1. The number of nitrogens with zero attached hydrogens (tertiary/aromatic N) is 2. The Morgan fingerprint density at radius 3 is 2.73 bits per heavy atom. The quantitative estimate of drug-likeness (QED) is 0.748. The molecule has 2 amide bonds. The predicted molar refractivity (Wildman–Crippen MR) is 107 cm³/mol. The SMILES string of the molecule is Cc1cccc2sc(NC(=O)[C@@H]3CSCN3C(=O)c3ccccc3)nc12. The van der Waals surface area contributed by atoms with E-state index in [-0.39, 0.29) is 11.8 Å². The number of aromatic nitrogens is 1. The third-order valence-electron chi connectivity index (χ3n) is 4.32. The van der Waals surface area contributed by atoms with Gasteiger partial charge in [0, 0.05) is 11.3 Å². The molecule has 1 saturated heterocycles. The number of para-hydroxylation sites is 1. The molecule has 0 bridgehead atoms. The molecule has 0 saturated carbocycles. The topological polar surface area (TPSA) is 62.3 Å². The lowest BCUT2D eigenvalue weighted by Crippen LogP contribution is -2.44. The molecular formula is C19H17N3O2S2. The summed E-state index contributed by atoms with van der Waals surface area (Å²) in [5, 5.41) is 3.47. The molecule has 1 atom stereocenters. The maximum Gasteiger partial charge on any atom is 0.255 e. The number of thiazole rings is 1. The van der Waals surface area contributed by atoms with Crippen LogP contribution in [-0.2, 0) is 4.79 Å². The Morgan fingerprint density at radius 2 is 1.96 bits per heavy atom. The summed E-state index contributed by atoms with van der Waals surface area (Å²) in [4.78, 5) is 31.7. The van der Waals surface area contributed by atoms with Crippen LogP contribution >= 0.6 is 23.1 Å². The zero-order valence-corrected chi connectivity index (χ0v) is 15.8. The first-order valence-corrected chi connectivity index (χ1v) is 10.2. The molecule has 4 rings (SSSR count). The van der Waals surface area contributed by atoms with Gasteiger partial charge in [-0.3, -0.25) is 9.59 Å². The van der Waals surface area contributed by atoms with Crippen molar-refractivity contribution in [1.82, 2.24) is 9.88 Å². The van der Waals surface area contributed by atoms with Crippen molar-refractivity contribution in [2.24, 2.45) is 0 Å². The summed E-state index contributed by atoms with van der Waals surface area (Å²) in [5.74, 6) is 0.811. The van der Waals surface area contributed by atoms with Crippen LogP contribution in [0.5, 0.6) is 0 Å². The number of nitrogens with one attached hydrogen (secondary N) is 1. The summed E-state index contributed by atoms with van der Waals surface area (Å²) in [6.07, 6.45) is 0. The highest BCUT2D eigenvalue weighted by molar-refractivity contribution is 7.99. The summed E-state index contributed by atoms with van der Waals surface area (Å²) in [6.45, 7) is 2.00. The normalized spacial score (nSPS) is 16.8. The maximum atomic E-state index is 12.8. The minimum absolute atomic E-state index is 0.115. The first-order chi connectivity index (χ1) is 12.6. The van der Waals surface area contributed by atoms with Crippen LogP contribution < -0.4 is 5.32 Å². The Morgan fingerprint density at radius 1 is 1.15 bits per heavy atom. The second-order valence-corrected chi connectivity index (χ2v) is 8.12. The van der Waals surface area contributed by atoms with Crippen LogP contribution in [-0.4, -0.2) is 39.4 Å². The third kappa shape index (κ3) is 3.20. The van der Waals surface area contributed by atoms with Crippen molar-refractivity contribution >= 4 is 50.3 Å². The summed E-state index contributed by atoms with van der Waals surface area (Å²) in [6, 6.07) is 14.6. The van der Waals surface area contributed by atoms with Gasteiger partial charge in [0.15, 0.2) is 5.13 Å². The van der Waals surface area contributed by atoms with E-state index in [1.165, 1.54) is 11.3 Å². The molecule has 7 heteroatoms.